The monoisotopic (exact) mass is 336 g/mol. The highest BCUT2D eigenvalue weighted by molar-refractivity contribution is 6.05. The van der Waals surface area contributed by atoms with Crippen molar-refractivity contribution >= 4 is 34.2 Å². The van der Waals surface area contributed by atoms with Crippen molar-refractivity contribution in [2.75, 3.05) is 10.6 Å². The standard InChI is InChI=1S/C18H16N4O3/c1-11(23)20-13-5-7-14(8-6-13)21-17(24)15-10-12-4-3-9-19-16(12)22(2)18(15)25/h3-10H,1-2H3,(H,20,23)(H,21,24). The second-order valence-corrected chi connectivity index (χ2v) is 5.55. The topological polar surface area (TPSA) is 93.1 Å². The molecule has 2 amide bonds. The van der Waals surface area contributed by atoms with Crippen molar-refractivity contribution in [3.63, 3.8) is 0 Å². The molecule has 0 saturated heterocycles. The predicted molar refractivity (Wildman–Crippen MR) is 95.7 cm³/mol. The van der Waals surface area contributed by atoms with Crippen molar-refractivity contribution in [3.8, 4) is 0 Å². The summed E-state index contributed by atoms with van der Waals surface area (Å²) in [6.45, 7) is 1.42. The number of rotatable bonds is 3. The fourth-order valence-corrected chi connectivity index (χ4v) is 2.50. The van der Waals surface area contributed by atoms with Crippen LogP contribution in [-0.4, -0.2) is 21.4 Å². The largest absolute Gasteiger partial charge is 0.326 e. The van der Waals surface area contributed by atoms with Crippen molar-refractivity contribution in [2.45, 2.75) is 6.92 Å². The molecular weight excluding hydrogens is 320 g/mol. The molecule has 0 spiro atoms. The molecule has 0 aliphatic rings. The number of anilines is 2. The van der Waals surface area contributed by atoms with Crippen molar-refractivity contribution in [1.29, 1.82) is 0 Å². The fourth-order valence-electron chi connectivity index (χ4n) is 2.50. The van der Waals surface area contributed by atoms with Gasteiger partial charge in [0.25, 0.3) is 11.5 Å². The van der Waals surface area contributed by atoms with Gasteiger partial charge in [-0.3, -0.25) is 19.0 Å². The molecule has 1 aromatic carbocycles. The molecule has 0 unspecified atom stereocenters. The third-order valence-electron chi connectivity index (χ3n) is 3.68. The Hall–Kier alpha value is -3.48. The number of amides is 2. The van der Waals surface area contributed by atoms with Crippen molar-refractivity contribution in [2.24, 2.45) is 7.05 Å². The Morgan fingerprint density at radius 3 is 2.32 bits per heavy atom. The summed E-state index contributed by atoms with van der Waals surface area (Å²) in [5, 5.41) is 6.03. The van der Waals surface area contributed by atoms with Crippen LogP contribution in [0.4, 0.5) is 11.4 Å². The molecule has 126 valence electrons. The van der Waals surface area contributed by atoms with Crippen LogP contribution >= 0.6 is 0 Å². The molecule has 2 heterocycles. The van der Waals surface area contributed by atoms with E-state index >= 15 is 0 Å². The summed E-state index contributed by atoms with van der Waals surface area (Å²) in [5.41, 5.74) is 1.28. The number of carbonyl (C=O) groups excluding carboxylic acids is 2. The maximum atomic E-state index is 12.5. The lowest BCUT2D eigenvalue weighted by Crippen LogP contribution is -2.28. The highest BCUT2D eigenvalue weighted by Gasteiger charge is 2.14. The highest BCUT2D eigenvalue weighted by Crippen LogP contribution is 2.15. The smallest absolute Gasteiger partial charge is 0.264 e. The van der Waals surface area contributed by atoms with E-state index in [4.69, 9.17) is 0 Å². The van der Waals surface area contributed by atoms with Crippen molar-refractivity contribution < 1.29 is 9.59 Å². The van der Waals surface area contributed by atoms with Gasteiger partial charge in [0.05, 0.1) is 0 Å². The number of aromatic nitrogens is 2. The molecule has 7 heteroatoms. The van der Waals surface area contributed by atoms with Gasteiger partial charge in [-0.05, 0) is 42.5 Å². The Kier molecular flexibility index (Phi) is 4.30. The van der Waals surface area contributed by atoms with Crippen molar-refractivity contribution in [1.82, 2.24) is 9.55 Å². The first kappa shape index (κ1) is 16.4. The molecule has 2 aromatic heterocycles. The molecular formula is C18H16N4O3. The number of pyridine rings is 2. The molecule has 7 nitrogen and oxygen atoms in total. The zero-order chi connectivity index (χ0) is 18.0. The Bertz CT molecular complexity index is 1020. The van der Waals surface area contributed by atoms with Gasteiger partial charge < -0.3 is 10.6 Å². The van der Waals surface area contributed by atoms with Crippen LogP contribution in [-0.2, 0) is 11.8 Å². The van der Waals surface area contributed by atoms with Crippen LogP contribution in [0, 0.1) is 0 Å². The van der Waals surface area contributed by atoms with Crippen LogP contribution in [0.25, 0.3) is 11.0 Å². The number of hydrogen-bond donors (Lipinski definition) is 2. The lowest BCUT2D eigenvalue weighted by Gasteiger charge is -2.09. The summed E-state index contributed by atoms with van der Waals surface area (Å²) in [7, 11) is 1.58. The Balaban J connectivity index is 1.89. The number of carbonyl (C=O) groups is 2. The summed E-state index contributed by atoms with van der Waals surface area (Å²) in [4.78, 5) is 40.1. The van der Waals surface area contributed by atoms with Crippen LogP contribution in [0.2, 0.25) is 0 Å². The van der Waals surface area contributed by atoms with Gasteiger partial charge in [0.1, 0.15) is 11.2 Å². The molecule has 0 bridgehead atoms. The zero-order valence-corrected chi connectivity index (χ0v) is 13.7. The van der Waals surface area contributed by atoms with Crippen LogP contribution < -0.4 is 16.2 Å². The third kappa shape index (κ3) is 3.40. The first-order valence-electron chi connectivity index (χ1n) is 7.59. The number of nitrogens with zero attached hydrogens (tertiary/aromatic N) is 2. The highest BCUT2D eigenvalue weighted by atomic mass is 16.2. The normalized spacial score (nSPS) is 10.5. The first-order valence-corrected chi connectivity index (χ1v) is 7.59. The lowest BCUT2D eigenvalue weighted by molar-refractivity contribution is -0.114. The second kappa shape index (κ2) is 6.56. The van der Waals surface area contributed by atoms with Gasteiger partial charge >= 0.3 is 0 Å². The maximum Gasteiger partial charge on any atom is 0.264 e. The quantitative estimate of drug-likeness (QED) is 0.766. The maximum absolute atomic E-state index is 12.5. The van der Waals surface area contributed by atoms with Crippen LogP contribution in [0.15, 0.2) is 53.5 Å². The van der Waals surface area contributed by atoms with Gasteiger partial charge in [-0.2, -0.15) is 0 Å². The van der Waals surface area contributed by atoms with E-state index in [1.54, 1.807) is 49.6 Å². The van der Waals surface area contributed by atoms with E-state index in [1.807, 2.05) is 0 Å². The van der Waals surface area contributed by atoms with Gasteiger partial charge in [-0.15, -0.1) is 0 Å². The number of benzene rings is 1. The molecule has 0 saturated carbocycles. The summed E-state index contributed by atoms with van der Waals surface area (Å²) >= 11 is 0. The lowest BCUT2D eigenvalue weighted by atomic mass is 10.2. The summed E-state index contributed by atoms with van der Waals surface area (Å²) in [6.07, 6.45) is 1.60. The number of fused-ring (bicyclic) bond motifs is 1. The summed E-state index contributed by atoms with van der Waals surface area (Å²) in [6, 6.07) is 11.7. The minimum absolute atomic E-state index is 0.0361. The van der Waals surface area contributed by atoms with Gasteiger partial charge in [0.15, 0.2) is 0 Å². The summed E-state index contributed by atoms with van der Waals surface area (Å²) in [5.74, 6) is -0.677. The number of nitrogens with one attached hydrogen (secondary N) is 2. The summed E-state index contributed by atoms with van der Waals surface area (Å²) < 4.78 is 1.35. The van der Waals surface area contributed by atoms with Gasteiger partial charge in [-0.1, -0.05) is 0 Å². The third-order valence-corrected chi connectivity index (χ3v) is 3.68. The molecule has 2 N–H and O–H groups in total. The zero-order valence-electron chi connectivity index (χ0n) is 13.7. The molecule has 0 fully saturated rings. The van der Waals surface area contributed by atoms with E-state index in [9.17, 15) is 14.4 Å². The minimum atomic E-state index is -0.501. The number of hydrogen-bond acceptors (Lipinski definition) is 4. The Morgan fingerprint density at radius 1 is 1.04 bits per heavy atom. The Morgan fingerprint density at radius 2 is 1.68 bits per heavy atom. The van der Waals surface area contributed by atoms with E-state index in [1.165, 1.54) is 17.6 Å². The average Bonchev–Trinajstić information content (AvgIpc) is 2.59. The average molecular weight is 336 g/mol. The first-order chi connectivity index (χ1) is 12.0. The van der Waals surface area contributed by atoms with Gasteiger partial charge in [0, 0.05) is 36.9 Å². The van der Waals surface area contributed by atoms with E-state index in [0.717, 1.165) is 0 Å². The van der Waals surface area contributed by atoms with Gasteiger partial charge in [-0.25, -0.2) is 4.98 Å². The SMILES string of the molecule is CC(=O)Nc1ccc(NC(=O)c2cc3cccnc3n(C)c2=O)cc1. The molecule has 0 aliphatic heterocycles. The molecule has 3 aromatic rings. The molecule has 0 radical (unpaired) electrons. The van der Waals surface area contributed by atoms with E-state index < -0.39 is 11.5 Å². The van der Waals surface area contributed by atoms with E-state index in [0.29, 0.717) is 22.4 Å². The van der Waals surface area contributed by atoms with Crippen LogP contribution in [0.1, 0.15) is 17.3 Å². The minimum Gasteiger partial charge on any atom is -0.326 e. The van der Waals surface area contributed by atoms with Gasteiger partial charge in [0.2, 0.25) is 5.91 Å². The molecule has 0 aliphatic carbocycles. The predicted octanol–water partition coefficient (Wildman–Crippen LogP) is 2.14. The fraction of sp³-hybridized carbons (Fsp3) is 0.111. The van der Waals surface area contributed by atoms with E-state index in [2.05, 4.69) is 15.6 Å². The molecule has 25 heavy (non-hydrogen) atoms. The molecule has 3 rings (SSSR count). The number of aryl methyl sites for hydroxylation is 1. The molecule has 0 atom stereocenters. The second-order valence-electron chi connectivity index (χ2n) is 5.55. The van der Waals surface area contributed by atoms with Crippen molar-refractivity contribution in [3.05, 3.63) is 64.6 Å². The van der Waals surface area contributed by atoms with Crippen LogP contribution in [0.3, 0.4) is 0 Å². The van der Waals surface area contributed by atoms with Crippen LogP contribution in [0.5, 0.6) is 0 Å². The Labute approximate surface area is 143 Å². The van der Waals surface area contributed by atoms with E-state index in [-0.39, 0.29) is 11.5 Å².